The van der Waals surface area contributed by atoms with E-state index < -0.39 is 39.7 Å². The normalized spacial score (nSPS) is 22.7. The molecule has 0 aliphatic carbocycles. The average molecular weight is 542 g/mol. The van der Waals surface area contributed by atoms with E-state index in [-0.39, 0.29) is 23.0 Å². The number of pyridine rings is 1. The Morgan fingerprint density at radius 1 is 1.41 bits per heavy atom. The van der Waals surface area contributed by atoms with Crippen LogP contribution in [0.5, 0.6) is 0 Å². The summed E-state index contributed by atoms with van der Waals surface area (Å²) in [5, 5.41) is 25.6. The molecule has 2 aliphatic rings. The number of methoxy groups -OCH3 is 1. The molecular weight excluding hydrogens is 523 g/mol. The monoisotopic (exact) mass is 541 g/mol. The van der Waals surface area contributed by atoms with Crippen LogP contribution in [0.4, 0.5) is 0 Å². The van der Waals surface area contributed by atoms with E-state index in [0.717, 1.165) is 4.90 Å². The molecule has 1 fully saturated rings. The molecule has 10 nitrogen and oxygen atoms in total. The van der Waals surface area contributed by atoms with E-state index >= 15 is 0 Å². The van der Waals surface area contributed by atoms with E-state index in [2.05, 4.69) is 5.32 Å². The van der Waals surface area contributed by atoms with Crippen LogP contribution in [0.2, 0.25) is 0 Å². The Bertz CT molecular complexity index is 1190. The number of aromatic nitrogens is 1. The lowest BCUT2D eigenvalue weighted by molar-refractivity contribution is -0.645. The fourth-order valence-corrected chi connectivity index (χ4v) is 7.96. The number of thiophene rings is 1. The zero-order valence-electron chi connectivity index (χ0n) is 17.7. The molecule has 2 aliphatic heterocycles. The van der Waals surface area contributed by atoms with Gasteiger partial charge in [0.25, 0.3) is 16.7 Å². The minimum Gasteiger partial charge on any atom is -0.618 e. The Hall–Kier alpha value is -2.39. The summed E-state index contributed by atoms with van der Waals surface area (Å²) >= 11 is 3.67. The third-order valence-corrected chi connectivity index (χ3v) is 10.2. The molecule has 2 aromatic heterocycles. The molecule has 0 bridgehead atoms. The van der Waals surface area contributed by atoms with Gasteiger partial charge < -0.3 is 20.4 Å². The van der Waals surface area contributed by atoms with Crippen molar-refractivity contribution in [2.75, 3.05) is 24.4 Å². The van der Waals surface area contributed by atoms with E-state index in [1.807, 2.05) is 0 Å². The van der Waals surface area contributed by atoms with Crippen molar-refractivity contribution in [1.82, 2.24) is 10.2 Å². The van der Waals surface area contributed by atoms with E-state index in [0.29, 0.717) is 19.5 Å². The lowest BCUT2D eigenvalue weighted by Crippen LogP contribution is -2.80. The summed E-state index contributed by atoms with van der Waals surface area (Å²) in [6, 6.07) is 8.29. The number of aliphatic carboxylic acids is 1. The molecule has 4 rings (SSSR count). The predicted octanol–water partition coefficient (Wildman–Crippen LogP) is 0.994. The summed E-state index contributed by atoms with van der Waals surface area (Å²) in [5.41, 5.74) is -1.46. The number of β-lactam (4-membered cyclic amide) rings is 1. The number of hydrogen-bond donors (Lipinski definition) is 2. The Morgan fingerprint density at radius 2 is 2.21 bits per heavy atom. The number of nitrogens with zero attached hydrogens (tertiary/aromatic N) is 2. The zero-order valence-corrected chi connectivity index (χ0v) is 20.9. The minimum absolute atomic E-state index is 0.182. The molecule has 1 saturated heterocycles. The predicted molar refractivity (Wildman–Crippen MR) is 127 cm³/mol. The number of fused-ring (bicyclic) bond motifs is 1. The highest BCUT2D eigenvalue weighted by atomic mass is 32.2. The Morgan fingerprint density at radius 3 is 2.85 bits per heavy atom. The minimum atomic E-state index is -1.75. The largest absolute Gasteiger partial charge is 0.618 e. The molecule has 2 aromatic rings. The van der Waals surface area contributed by atoms with Gasteiger partial charge in [-0.05, 0) is 23.1 Å². The number of thioether (sulfide) groups is 2. The smallest absolute Gasteiger partial charge is 0.352 e. The second kappa shape index (κ2) is 10.1. The fraction of sp³-hybridized carbons (Fsp3) is 0.300. The zero-order chi connectivity index (χ0) is 24.5. The molecule has 34 heavy (non-hydrogen) atoms. The van der Waals surface area contributed by atoms with Crippen molar-refractivity contribution < 1.29 is 33.2 Å². The highest BCUT2D eigenvalue weighted by molar-refractivity contribution is 8.01. The maximum absolute atomic E-state index is 13.1. The standard InChI is InChI=1S/C20H19N3O7S4/c1-30-20(21-13(24)11-34(29)15-6-4-8-31-15)18(27)23-16(17(25)26)12(10-33-19(20)23)9-32-14-5-2-3-7-22(14)28/h2-8,19H,9-11H2,1H3,(H,21,24)(H,25,26)/t19-,20-,34?/m0/s1. The molecule has 180 valence electrons. The van der Waals surface area contributed by atoms with E-state index in [9.17, 15) is 28.9 Å². The summed E-state index contributed by atoms with van der Waals surface area (Å²) in [6.07, 6.45) is 1.35. The number of ether oxygens (including phenoxy) is 1. The number of nitrogens with one attached hydrogen (secondary N) is 1. The lowest BCUT2D eigenvalue weighted by Gasteiger charge is -2.55. The van der Waals surface area contributed by atoms with Crippen molar-refractivity contribution in [2.24, 2.45) is 0 Å². The van der Waals surface area contributed by atoms with Gasteiger partial charge in [-0.2, -0.15) is 4.73 Å². The van der Waals surface area contributed by atoms with Crippen LogP contribution in [0.25, 0.3) is 0 Å². The van der Waals surface area contributed by atoms with Crippen LogP contribution in [-0.2, 0) is 29.9 Å². The van der Waals surface area contributed by atoms with Crippen molar-refractivity contribution >= 4 is 63.4 Å². The highest BCUT2D eigenvalue weighted by Crippen LogP contribution is 2.47. The Labute approximate surface area is 209 Å². The topological polar surface area (TPSA) is 140 Å². The van der Waals surface area contributed by atoms with E-state index in [4.69, 9.17) is 4.74 Å². The summed E-state index contributed by atoms with van der Waals surface area (Å²) in [7, 11) is -0.321. The first-order chi connectivity index (χ1) is 16.3. The van der Waals surface area contributed by atoms with Gasteiger partial charge in [-0.3, -0.25) is 18.7 Å². The maximum Gasteiger partial charge on any atom is 0.352 e. The Kier molecular flexibility index (Phi) is 7.33. The third-order valence-electron chi connectivity index (χ3n) is 5.12. The summed E-state index contributed by atoms with van der Waals surface area (Å²) < 4.78 is 19.0. The Balaban J connectivity index is 1.51. The first-order valence-corrected chi connectivity index (χ1v) is 14.0. The van der Waals surface area contributed by atoms with Gasteiger partial charge in [0.15, 0.2) is 6.20 Å². The van der Waals surface area contributed by atoms with Crippen molar-refractivity contribution in [3.8, 4) is 0 Å². The molecule has 2 N–H and O–H groups in total. The summed E-state index contributed by atoms with van der Waals surface area (Å²) in [5.74, 6) is -2.55. The SMILES string of the molecule is CO[C@@]1(NC(=O)CS(=O)c2cccs2)C(=O)N2C(C(=O)O)=C(CSc3cccc[n+]3[O-])CS[C@H]21. The van der Waals surface area contributed by atoms with Gasteiger partial charge >= 0.3 is 5.97 Å². The number of carbonyl (C=O) groups is 3. The number of hydrogen-bond acceptors (Lipinski definition) is 9. The molecule has 0 radical (unpaired) electrons. The van der Waals surface area contributed by atoms with Gasteiger partial charge in [-0.1, -0.05) is 17.8 Å². The van der Waals surface area contributed by atoms with Crippen LogP contribution in [0.3, 0.4) is 0 Å². The van der Waals surface area contributed by atoms with Gasteiger partial charge in [-0.25, -0.2) is 4.79 Å². The van der Waals surface area contributed by atoms with Gasteiger partial charge in [0.05, 0.1) is 15.0 Å². The van der Waals surface area contributed by atoms with Gasteiger partial charge in [0, 0.05) is 30.7 Å². The summed E-state index contributed by atoms with van der Waals surface area (Å²) in [6.45, 7) is 0. The molecule has 0 saturated carbocycles. The fourth-order valence-electron chi connectivity index (χ4n) is 3.57. The van der Waals surface area contributed by atoms with Crippen LogP contribution >= 0.6 is 34.9 Å². The van der Waals surface area contributed by atoms with Gasteiger partial charge in [0.2, 0.25) is 5.91 Å². The molecule has 14 heteroatoms. The van der Waals surface area contributed by atoms with Crippen LogP contribution in [0.15, 0.2) is 62.4 Å². The van der Waals surface area contributed by atoms with Crippen molar-refractivity contribution in [2.45, 2.75) is 20.3 Å². The van der Waals surface area contributed by atoms with Crippen molar-refractivity contribution in [3.63, 3.8) is 0 Å². The molecule has 0 aromatic carbocycles. The molecule has 3 atom stereocenters. The second-order valence-corrected chi connectivity index (χ2v) is 11.8. The number of amides is 2. The summed E-state index contributed by atoms with van der Waals surface area (Å²) in [4.78, 5) is 38.9. The van der Waals surface area contributed by atoms with Crippen LogP contribution < -0.4 is 10.0 Å². The average Bonchev–Trinajstić information content (AvgIpc) is 3.36. The van der Waals surface area contributed by atoms with Crippen LogP contribution in [0.1, 0.15) is 0 Å². The molecule has 4 heterocycles. The maximum atomic E-state index is 13.1. The van der Waals surface area contributed by atoms with Gasteiger partial charge in [-0.15, -0.1) is 23.1 Å². The number of carbonyl (C=O) groups excluding carboxylic acids is 2. The number of rotatable bonds is 9. The van der Waals surface area contributed by atoms with E-state index in [1.165, 1.54) is 48.2 Å². The number of carboxylic acid groups (broad SMARTS) is 1. The van der Waals surface area contributed by atoms with Crippen molar-refractivity contribution in [1.29, 1.82) is 0 Å². The molecule has 1 unspecified atom stereocenters. The molecule has 0 spiro atoms. The second-order valence-electron chi connectivity index (χ2n) is 7.16. The first-order valence-electron chi connectivity index (χ1n) is 9.78. The highest BCUT2D eigenvalue weighted by Gasteiger charge is 2.66. The third kappa shape index (κ3) is 4.47. The lowest BCUT2D eigenvalue weighted by atomic mass is 9.98. The van der Waals surface area contributed by atoms with Gasteiger partial charge in [0.1, 0.15) is 16.8 Å². The quantitative estimate of drug-likeness (QED) is 0.156. The first kappa shape index (κ1) is 24.7. The molecular formula is C20H19N3O7S4. The van der Waals surface area contributed by atoms with Crippen LogP contribution in [-0.4, -0.2) is 67.5 Å². The van der Waals surface area contributed by atoms with Crippen LogP contribution in [0, 0.1) is 5.21 Å². The number of carboxylic acids is 1. The van der Waals surface area contributed by atoms with Crippen molar-refractivity contribution in [3.05, 3.63) is 58.4 Å². The molecule has 2 amide bonds. The van der Waals surface area contributed by atoms with E-state index in [1.54, 1.807) is 35.7 Å².